The summed E-state index contributed by atoms with van der Waals surface area (Å²) >= 11 is 0. The zero-order chi connectivity index (χ0) is 20.9. The first-order chi connectivity index (χ1) is 13.9. The summed E-state index contributed by atoms with van der Waals surface area (Å²) < 4.78 is 21.7. The molecule has 0 bridgehead atoms. The maximum atomic E-state index is 13.3. The van der Waals surface area contributed by atoms with Gasteiger partial charge in [0, 0.05) is 11.8 Å². The zero-order valence-corrected chi connectivity index (χ0v) is 16.3. The third kappa shape index (κ3) is 2.45. The van der Waals surface area contributed by atoms with Gasteiger partial charge < -0.3 is 23.8 Å². The Hall–Kier alpha value is -3.39. The van der Waals surface area contributed by atoms with Gasteiger partial charge in [0.15, 0.2) is 6.23 Å². The molecule has 0 radical (unpaired) electrons. The summed E-state index contributed by atoms with van der Waals surface area (Å²) in [5.74, 6) is -2.19. The fraction of sp³-hybridized carbons (Fsp3) is 0.286. The first kappa shape index (κ1) is 18.9. The van der Waals surface area contributed by atoms with Gasteiger partial charge in [-0.15, -0.1) is 0 Å². The number of hydrogen-bond acceptors (Lipinski definition) is 8. The van der Waals surface area contributed by atoms with E-state index in [9.17, 15) is 14.4 Å². The molecule has 150 valence electrons. The van der Waals surface area contributed by atoms with Crippen molar-refractivity contribution in [2.75, 3.05) is 14.2 Å². The highest BCUT2D eigenvalue weighted by Crippen LogP contribution is 2.53. The van der Waals surface area contributed by atoms with Gasteiger partial charge in [-0.25, -0.2) is 14.4 Å². The van der Waals surface area contributed by atoms with Crippen molar-refractivity contribution >= 4 is 17.9 Å². The number of carbonyl (C=O) groups excluding carboxylic acids is 3. The molecule has 2 atom stereocenters. The molecule has 0 saturated carbocycles. The topological polar surface area (TPSA) is 91.4 Å². The fourth-order valence-electron chi connectivity index (χ4n) is 3.91. The van der Waals surface area contributed by atoms with Gasteiger partial charge in [-0.2, -0.15) is 0 Å². The normalized spacial score (nSPS) is 24.3. The van der Waals surface area contributed by atoms with Crippen LogP contribution in [0.2, 0.25) is 0 Å². The third-order valence-corrected chi connectivity index (χ3v) is 5.22. The number of benzene rings is 1. The van der Waals surface area contributed by atoms with Crippen molar-refractivity contribution in [3.8, 4) is 5.75 Å². The Kier molecular flexibility index (Phi) is 4.31. The Morgan fingerprint density at radius 2 is 1.76 bits per heavy atom. The van der Waals surface area contributed by atoms with E-state index >= 15 is 0 Å². The van der Waals surface area contributed by atoms with Crippen LogP contribution in [0, 0.1) is 13.8 Å². The Balaban J connectivity index is 2.13. The Morgan fingerprint density at radius 1 is 1.07 bits per heavy atom. The van der Waals surface area contributed by atoms with Crippen LogP contribution in [0.1, 0.15) is 16.7 Å². The molecule has 1 aromatic rings. The molecule has 1 spiro atoms. The van der Waals surface area contributed by atoms with Crippen molar-refractivity contribution in [1.82, 2.24) is 4.90 Å². The van der Waals surface area contributed by atoms with Crippen molar-refractivity contribution in [2.45, 2.75) is 25.7 Å². The van der Waals surface area contributed by atoms with E-state index in [1.54, 1.807) is 44.3 Å². The molecule has 0 N–H and O–H groups in total. The van der Waals surface area contributed by atoms with Crippen LogP contribution in [0.5, 0.6) is 5.75 Å². The predicted octanol–water partition coefficient (Wildman–Crippen LogP) is 1.76. The lowest BCUT2D eigenvalue weighted by Crippen LogP contribution is -2.55. The summed E-state index contributed by atoms with van der Waals surface area (Å²) in [6.45, 7) is 3.56. The summed E-state index contributed by atoms with van der Waals surface area (Å²) in [7, 11) is 2.36. The number of aryl methyl sites for hydroxylation is 2. The quantitative estimate of drug-likeness (QED) is 0.551. The minimum atomic E-state index is -1.96. The third-order valence-electron chi connectivity index (χ3n) is 5.22. The molecule has 0 saturated heterocycles. The van der Waals surface area contributed by atoms with Crippen molar-refractivity contribution in [3.63, 3.8) is 0 Å². The first-order valence-electron chi connectivity index (χ1n) is 8.92. The molecule has 3 aliphatic heterocycles. The zero-order valence-electron chi connectivity index (χ0n) is 16.3. The minimum absolute atomic E-state index is 0.137. The average Bonchev–Trinajstić information content (AvgIpc) is 3.02. The average molecular weight is 397 g/mol. The van der Waals surface area contributed by atoms with Crippen LogP contribution >= 0.6 is 0 Å². The molecule has 4 rings (SSSR count). The summed E-state index contributed by atoms with van der Waals surface area (Å²) in [4.78, 5) is 40.4. The summed E-state index contributed by atoms with van der Waals surface area (Å²) in [5.41, 5.74) is -0.622. The van der Waals surface area contributed by atoms with Crippen LogP contribution in [-0.2, 0) is 34.2 Å². The van der Waals surface area contributed by atoms with E-state index in [2.05, 4.69) is 0 Å². The van der Waals surface area contributed by atoms with Crippen LogP contribution in [0.4, 0.5) is 0 Å². The molecule has 29 heavy (non-hydrogen) atoms. The van der Waals surface area contributed by atoms with Gasteiger partial charge in [0.2, 0.25) is 5.60 Å². The standard InChI is InChI=1S/C21H19NO7/c1-11-8-9-12(2)17-14(11)21(20(25)28-17)15(18(23)26-3)16(19(24)27-4)22-10-6-5-7-13(22)29-21/h5-10,13H,1-4H3/t13-,21-/m0/s1. The fourth-order valence-corrected chi connectivity index (χ4v) is 3.91. The molecule has 8 heteroatoms. The highest BCUT2D eigenvalue weighted by atomic mass is 16.6. The van der Waals surface area contributed by atoms with E-state index in [-0.39, 0.29) is 11.3 Å². The van der Waals surface area contributed by atoms with Crippen molar-refractivity contribution in [3.05, 3.63) is 64.5 Å². The van der Waals surface area contributed by atoms with Crippen LogP contribution in [0.25, 0.3) is 0 Å². The van der Waals surface area contributed by atoms with Gasteiger partial charge in [0.1, 0.15) is 17.0 Å². The molecular formula is C21H19NO7. The number of ether oxygens (including phenoxy) is 4. The molecule has 8 nitrogen and oxygen atoms in total. The summed E-state index contributed by atoms with van der Waals surface area (Å²) in [6, 6.07) is 3.61. The molecule has 0 unspecified atom stereocenters. The lowest BCUT2D eigenvalue weighted by molar-refractivity contribution is -0.177. The highest BCUT2D eigenvalue weighted by molar-refractivity contribution is 6.10. The maximum Gasteiger partial charge on any atom is 0.355 e. The van der Waals surface area contributed by atoms with E-state index in [0.717, 1.165) is 0 Å². The lowest BCUT2D eigenvalue weighted by atomic mass is 9.81. The number of allylic oxidation sites excluding steroid dienone is 2. The number of rotatable bonds is 2. The smallest absolute Gasteiger partial charge is 0.355 e. The van der Waals surface area contributed by atoms with Crippen LogP contribution in [0.3, 0.4) is 0 Å². The number of methoxy groups -OCH3 is 2. The largest absolute Gasteiger partial charge is 0.465 e. The molecule has 0 aromatic heterocycles. The second-order valence-electron chi connectivity index (χ2n) is 6.82. The van der Waals surface area contributed by atoms with Gasteiger partial charge >= 0.3 is 17.9 Å². The second-order valence-corrected chi connectivity index (χ2v) is 6.82. The molecule has 0 aliphatic carbocycles. The van der Waals surface area contributed by atoms with Gasteiger partial charge in [-0.1, -0.05) is 18.2 Å². The number of fused-ring (bicyclic) bond motifs is 3. The van der Waals surface area contributed by atoms with E-state index < -0.39 is 29.7 Å². The van der Waals surface area contributed by atoms with Crippen molar-refractivity contribution in [2.24, 2.45) is 0 Å². The molecule has 3 aliphatic rings. The van der Waals surface area contributed by atoms with Gasteiger partial charge in [-0.05, 0) is 37.1 Å². The van der Waals surface area contributed by atoms with Crippen LogP contribution in [-0.4, -0.2) is 43.3 Å². The Labute approximate surface area is 167 Å². The van der Waals surface area contributed by atoms with Crippen molar-refractivity contribution in [1.29, 1.82) is 0 Å². The SMILES string of the molecule is COC(=O)C1=C(C(=O)OC)[C@]2(O[C@H]3C=CC=CN13)C(=O)Oc1c(C)ccc(C)c12. The van der Waals surface area contributed by atoms with Crippen LogP contribution in [0.15, 0.2) is 47.8 Å². The molecular weight excluding hydrogens is 378 g/mol. The second kappa shape index (κ2) is 6.59. The molecule has 1 aromatic carbocycles. The predicted molar refractivity (Wildman–Crippen MR) is 99.3 cm³/mol. The minimum Gasteiger partial charge on any atom is -0.465 e. The highest BCUT2D eigenvalue weighted by Gasteiger charge is 2.63. The lowest BCUT2D eigenvalue weighted by Gasteiger charge is -2.43. The summed E-state index contributed by atoms with van der Waals surface area (Å²) in [5, 5.41) is 0. The van der Waals surface area contributed by atoms with Gasteiger partial charge in [0.05, 0.1) is 14.2 Å². The van der Waals surface area contributed by atoms with Gasteiger partial charge in [-0.3, -0.25) is 0 Å². The first-order valence-corrected chi connectivity index (χ1v) is 8.92. The number of hydrogen-bond donors (Lipinski definition) is 0. The monoisotopic (exact) mass is 397 g/mol. The van der Waals surface area contributed by atoms with Crippen LogP contribution < -0.4 is 4.74 Å². The van der Waals surface area contributed by atoms with E-state index in [1.807, 2.05) is 6.07 Å². The molecule has 3 heterocycles. The number of esters is 3. The Bertz CT molecular complexity index is 1040. The van der Waals surface area contributed by atoms with E-state index in [4.69, 9.17) is 18.9 Å². The number of carbonyl (C=O) groups is 3. The Morgan fingerprint density at radius 3 is 2.45 bits per heavy atom. The molecule has 0 amide bonds. The van der Waals surface area contributed by atoms with E-state index in [1.165, 1.54) is 19.1 Å². The molecule has 0 fully saturated rings. The van der Waals surface area contributed by atoms with Gasteiger partial charge in [0.25, 0.3) is 0 Å². The maximum absolute atomic E-state index is 13.3. The van der Waals surface area contributed by atoms with E-state index in [0.29, 0.717) is 22.4 Å². The van der Waals surface area contributed by atoms with Crippen molar-refractivity contribution < 1.29 is 33.3 Å². The number of nitrogens with zero attached hydrogens (tertiary/aromatic N) is 1. The summed E-state index contributed by atoms with van der Waals surface area (Å²) in [6.07, 6.45) is 5.79.